The highest BCUT2D eigenvalue weighted by Gasteiger charge is 2.39. The smallest absolute Gasteiger partial charge is 0.312 e. The molecule has 2 unspecified atom stereocenters. The Morgan fingerprint density at radius 1 is 1.22 bits per heavy atom. The van der Waals surface area contributed by atoms with E-state index in [1.165, 1.54) is 18.3 Å². The molecule has 0 bridgehead atoms. The van der Waals surface area contributed by atoms with Crippen LogP contribution in [0.25, 0.3) is 0 Å². The fourth-order valence-corrected chi connectivity index (χ4v) is 2.60. The average Bonchev–Trinajstić information content (AvgIpc) is 2.34. The molecule has 0 aromatic rings. The lowest BCUT2D eigenvalue weighted by Crippen LogP contribution is -2.35. The predicted octanol–water partition coefficient (Wildman–Crippen LogP) is 2.97. The van der Waals surface area contributed by atoms with Crippen molar-refractivity contribution in [3.05, 3.63) is 23.3 Å². The maximum atomic E-state index is 11.9. The van der Waals surface area contributed by atoms with Gasteiger partial charge in [-0.15, -0.1) is 0 Å². The van der Waals surface area contributed by atoms with Crippen LogP contribution in [0.2, 0.25) is 0 Å². The zero-order chi connectivity index (χ0) is 13.9. The van der Waals surface area contributed by atoms with Crippen LogP contribution in [0.15, 0.2) is 23.3 Å². The van der Waals surface area contributed by atoms with Crippen molar-refractivity contribution in [2.24, 2.45) is 17.3 Å². The van der Waals surface area contributed by atoms with Crippen molar-refractivity contribution < 1.29 is 14.3 Å². The Bertz CT molecular complexity index is 377. The third-order valence-electron chi connectivity index (χ3n) is 4.02. The lowest BCUT2D eigenvalue weighted by atomic mass is 9.70. The minimum atomic E-state index is -0.533. The second kappa shape index (κ2) is 5.70. The highest BCUT2D eigenvalue weighted by atomic mass is 16.5. The van der Waals surface area contributed by atoms with Gasteiger partial charge in [-0.05, 0) is 27.7 Å². The van der Waals surface area contributed by atoms with Gasteiger partial charge in [-0.1, -0.05) is 23.3 Å². The highest BCUT2D eigenvalue weighted by molar-refractivity contribution is 5.77. The van der Waals surface area contributed by atoms with Gasteiger partial charge in [0.15, 0.2) is 0 Å². The SMILES string of the molecule is COCC1C=CC(C(C)(C)C(=O)OC)C(C)=C1C. The summed E-state index contributed by atoms with van der Waals surface area (Å²) in [5.74, 6) is 0.243. The zero-order valence-corrected chi connectivity index (χ0v) is 12.2. The Kier molecular flexibility index (Phi) is 4.74. The van der Waals surface area contributed by atoms with E-state index in [1.54, 1.807) is 7.11 Å². The summed E-state index contributed by atoms with van der Waals surface area (Å²) in [4.78, 5) is 11.9. The van der Waals surface area contributed by atoms with E-state index in [-0.39, 0.29) is 11.9 Å². The minimum Gasteiger partial charge on any atom is -0.469 e. The van der Waals surface area contributed by atoms with Gasteiger partial charge in [0.05, 0.1) is 19.1 Å². The van der Waals surface area contributed by atoms with E-state index in [2.05, 4.69) is 26.0 Å². The molecule has 0 saturated heterocycles. The van der Waals surface area contributed by atoms with Gasteiger partial charge < -0.3 is 9.47 Å². The number of esters is 1. The van der Waals surface area contributed by atoms with Crippen molar-refractivity contribution in [1.29, 1.82) is 0 Å². The van der Waals surface area contributed by atoms with Crippen LogP contribution in [0, 0.1) is 17.3 Å². The number of methoxy groups -OCH3 is 2. The molecule has 0 amide bonds. The molecule has 1 aliphatic carbocycles. The fourth-order valence-electron chi connectivity index (χ4n) is 2.60. The molecular weight excluding hydrogens is 228 g/mol. The van der Waals surface area contributed by atoms with Crippen molar-refractivity contribution in [3.8, 4) is 0 Å². The summed E-state index contributed by atoms with van der Waals surface area (Å²) in [6, 6.07) is 0. The first-order valence-corrected chi connectivity index (χ1v) is 6.29. The Hall–Kier alpha value is -1.09. The van der Waals surface area contributed by atoms with Gasteiger partial charge in [0.25, 0.3) is 0 Å². The molecule has 18 heavy (non-hydrogen) atoms. The molecule has 0 fully saturated rings. The number of ether oxygens (including phenoxy) is 2. The summed E-state index contributed by atoms with van der Waals surface area (Å²) >= 11 is 0. The maximum Gasteiger partial charge on any atom is 0.312 e. The number of hydrogen-bond donors (Lipinski definition) is 0. The van der Waals surface area contributed by atoms with E-state index in [1.807, 2.05) is 13.8 Å². The van der Waals surface area contributed by atoms with E-state index in [0.29, 0.717) is 12.5 Å². The standard InChI is InChI=1S/C15H24O3/c1-10-11(2)13(8-7-12(10)9-17-5)15(3,4)14(16)18-6/h7-8,12-13H,9H2,1-6H3. The Balaban J connectivity index is 3.02. The van der Waals surface area contributed by atoms with Gasteiger partial charge in [0, 0.05) is 18.9 Å². The number of allylic oxidation sites excluding steroid dienone is 2. The van der Waals surface area contributed by atoms with Crippen LogP contribution < -0.4 is 0 Å². The van der Waals surface area contributed by atoms with Gasteiger partial charge in [0.1, 0.15) is 0 Å². The summed E-state index contributed by atoms with van der Waals surface area (Å²) < 4.78 is 10.1. The van der Waals surface area contributed by atoms with Crippen molar-refractivity contribution in [2.45, 2.75) is 27.7 Å². The van der Waals surface area contributed by atoms with Gasteiger partial charge >= 0.3 is 5.97 Å². The van der Waals surface area contributed by atoms with Gasteiger partial charge in [-0.2, -0.15) is 0 Å². The lowest BCUT2D eigenvalue weighted by molar-refractivity contribution is -0.152. The van der Waals surface area contributed by atoms with Crippen molar-refractivity contribution in [1.82, 2.24) is 0 Å². The van der Waals surface area contributed by atoms with Gasteiger partial charge in [-0.25, -0.2) is 0 Å². The van der Waals surface area contributed by atoms with Crippen LogP contribution in [0.1, 0.15) is 27.7 Å². The molecule has 2 atom stereocenters. The molecule has 0 radical (unpaired) electrons. The third-order valence-corrected chi connectivity index (χ3v) is 4.02. The Morgan fingerprint density at radius 3 is 2.33 bits per heavy atom. The first-order chi connectivity index (χ1) is 8.36. The Morgan fingerprint density at radius 2 is 1.83 bits per heavy atom. The summed E-state index contributed by atoms with van der Waals surface area (Å²) in [5, 5.41) is 0. The molecule has 0 aromatic heterocycles. The van der Waals surface area contributed by atoms with E-state index >= 15 is 0 Å². The highest BCUT2D eigenvalue weighted by Crippen LogP contribution is 2.40. The lowest BCUT2D eigenvalue weighted by Gasteiger charge is -2.35. The van der Waals surface area contributed by atoms with E-state index < -0.39 is 5.41 Å². The molecule has 3 heteroatoms. The average molecular weight is 252 g/mol. The predicted molar refractivity (Wildman–Crippen MR) is 72.2 cm³/mol. The summed E-state index contributed by atoms with van der Waals surface area (Å²) in [7, 11) is 3.15. The third kappa shape index (κ3) is 2.66. The van der Waals surface area contributed by atoms with Crippen molar-refractivity contribution >= 4 is 5.97 Å². The molecule has 0 heterocycles. The van der Waals surface area contributed by atoms with Crippen LogP contribution in [0.4, 0.5) is 0 Å². The number of carbonyl (C=O) groups excluding carboxylic acids is 1. The van der Waals surface area contributed by atoms with E-state index in [9.17, 15) is 4.79 Å². The van der Waals surface area contributed by atoms with Crippen LogP contribution in [-0.2, 0) is 14.3 Å². The monoisotopic (exact) mass is 252 g/mol. The molecule has 0 N–H and O–H groups in total. The van der Waals surface area contributed by atoms with Gasteiger partial charge in [0.2, 0.25) is 0 Å². The quantitative estimate of drug-likeness (QED) is 0.570. The summed E-state index contributed by atoms with van der Waals surface area (Å²) in [6.45, 7) is 8.76. The maximum absolute atomic E-state index is 11.9. The molecule has 0 saturated carbocycles. The topological polar surface area (TPSA) is 35.5 Å². The summed E-state index contributed by atoms with van der Waals surface area (Å²) in [6.07, 6.45) is 4.25. The molecule has 102 valence electrons. The largest absolute Gasteiger partial charge is 0.469 e. The molecule has 0 spiro atoms. The second-order valence-electron chi connectivity index (χ2n) is 5.50. The van der Waals surface area contributed by atoms with E-state index in [4.69, 9.17) is 9.47 Å². The molecular formula is C15H24O3. The molecule has 1 rings (SSSR count). The Labute approximate surface area is 110 Å². The van der Waals surface area contributed by atoms with Crippen molar-refractivity contribution in [2.75, 3.05) is 20.8 Å². The normalized spacial score (nSPS) is 24.3. The van der Waals surface area contributed by atoms with Gasteiger partial charge in [-0.3, -0.25) is 4.79 Å². The van der Waals surface area contributed by atoms with Crippen LogP contribution in [0.5, 0.6) is 0 Å². The first-order valence-electron chi connectivity index (χ1n) is 6.29. The molecule has 1 aliphatic rings. The van der Waals surface area contributed by atoms with E-state index in [0.717, 1.165) is 0 Å². The fraction of sp³-hybridized carbons (Fsp3) is 0.667. The molecule has 3 nitrogen and oxygen atoms in total. The zero-order valence-electron chi connectivity index (χ0n) is 12.2. The number of carbonyl (C=O) groups is 1. The first kappa shape index (κ1) is 15.0. The number of hydrogen-bond acceptors (Lipinski definition) is 3. The van der Waals surface area contributed by atoms with Crippen molar-refractivity contribution in [3.63, 3.8) is 0 Å². The summed E-state index contributed by atoms with van der Waals surface area (Å²) in [5.41, 5.74) is 2.01. The molecule has 0 aliphatic heterocycles. The second-order valence-corrected chi connectivity index (χ2v) is 5.50. The van der Waals surface area contributed by atoms with Crippen LogP contribution in [0.3, 0.4) is 0 Å². The molecule has 0 aromatic carbocycles. The number of rotatable bonds is 4. The van der Waals surface area contributed by atoms with Crippen LogP contribution >= 0.6 is 0 Å². The minimum absolute atomic E-state index is 0.0954. The van der Waals surface area contributed by atoms with Crippen LogP contribution in [-0.4, -0.2) is 26.8 Å².